The summed E-state index contributed by atoms with van der Waals surface area (Å²) >= 11 is 4.25. The number of rotatable bonds is 3. The molecular weight excluding hydrogens is 211 g/mol. The van der Waals surface area contributed by atoms with Crippen molar-refractivity contribution in [3.63, 3.8) is 0 Å². The first-order valence-electron chi connectivity index (χ1n) is 3.72. The average molecular weight is 224 g/mol. The van der Waals surface area contributed by atoms with Crippen LogP contribution >= 0.6 is 12.6 Å². The minimum atomic E-state index is 0. The van der Waals surface area contributed by atoms with Gasteiger partial charge in [-0.15, -0.1) is 12.6 Å². The molecule has 0 bridgehead atoms. The Bertz CT molecular complexity index is 279. The average Bonchev–Trinajstić information content (AvgIpc) is 2.18. The minimum absolute atomic E-state index is 0. The Morgan fingerprint density at radius 2 is 1.36 bits per heavy atom. The fourth-order valence-electron chi connectivity index (χ4n) is 0.987. The van der Waals surface area contributed by atoms with Crippen molar-refractivity contribution in [2.24, 2.45) is 0 Å². The zero-order valence-corrected chi connectivity index (χ0v) is 8.72. The van der Waals surface area contributed by atoms with Crippen LogP contribution in [0.2, 0.25) is 0 Å². The van der Waals surface area contributed by atoms with Crippen molar-refractivity contribution in [1.82, 2.24) is 0 Å². The Morgan fingerprint density at radius 1 is 0.929 bits per heavy atom. The molecule has 1 aromatic rings. The molecular formula is C9H13NaO3S. The Kier molecular flexibility index (Phi) is 6.44. The summed E-state index contributed by atoms with van der Waals surface area (Å²) in [5.41, 5.74) is 0. The van der Waals surface area contributed by atoms with E-state index in [1.165, 1.54) is 0 Å². The monoisotopic (exact) mass is 224 g/mol. The molecule has 0 fully saturated rings. The van der Waals surface area contributed by atoms with Gasteiger partial charge in [-0.3, -0.25) is 0 Å². The molecule has 0 aliphatic heterocycles. The second kappa shape index (κ2) is 6.45. The van der Waals surface area contributed by atoms with Crippen LogP contribution in [0.1, 0.15) is 0 Å². The summed E-state index contributed by atoms with van der Waals surface area (Å²) in [7, 11) is 4.74. The van der Waals surface area contributed by atoms with Crippen LogP contribution in [-0.2, 0) is 0 Å². The van der Waals surface area contributed by atoms with Gasteiger partial charge in [-0.25, -0.2) is 0 Å². The standard InChI is InChI=1S/C9H12O3S.Na.H/c1-10-6-4-7(11-2)9(13)8(5-6)12-3;;/h4-5,13H,1-3H3;;. The van der Waals surface area contributed by atoms with E-state index >= 15 is 0 Å². The van der Waals surface area contributed by atoms with Crippen LogP contribution in [0.15, 0.2) is 17.0 Å². The van der Waals surface area contributed by atoms with Gasteiger partial charge in [0.1, 0.15) is 17.2 Å². The van der Waals surface area contributed by atoms with Gasteiger partial charge in [-0.1, -0.05) is 0 Å². The van der Waals surface area contributed by atoms with Crippen molar-refractivity contribution in [3.05, 3.63) is 12.1 Å². The molecule has 0 radical (unpaired) electrons. The number of ether oxygens (including phenoxy) is 3. The van der Waals surface area contributed by atoms with Crippen molar-refractivity contribution in [2.75, 3.05) is 21.3 Å². The third-order valence-corrected chi connectivity index (χ3v) is 2.13. The molecule has 0 unspecified atom stereocenters. The molecule has 0 saturated carbocycles. The van der Waals surface area contributed by atoms with Crippen molar-refractivity contribution in [2.45, 2.75) is 4.90 Å². The summed E-state index contributed by atoms with van der Waals surface area (Å²) in [5.74, 6) is 1.96. The van der Waals surface area contributed by atoms with E-state index < -0.39 is 0 Å². The molecule has 0 aliphatic carbocycles. The molecule has 0 aliphatic rings. The maximum absolute atomic E-state index is 5.09. The van der Waals surface area contributed by atoms with Gasteiger partial charge in [0.05, 0.1) is 26.2 Å². The Balaban J connectivity index is 0.00000169. The van der Waals surface area contributed by atoms with E-state index in [1.54, 1.807) is 33.5 Å². The summed E-state index contributed by atoms with van der Waals surface area (Å²) < 4.78 is 15.2. The molecule has 0 aromatic heterocycles. The second-order valence-corrected chi connectivity index (χ2v) is 2.83. The summed E-state index contributed by atoms with van der Waals surface area (Å²) in [6, 6.07) is 3.51. The molecule has 14 heavy (non-hydrogen) atoms. The Labute approximate surface area is 111 Å². The predicted molar refractivity (Wildman–Crippen MR) is 60.5 cm³/mol. The molecule has 3 nitrogen and oxygen atoms in total. The predicted octanol–water partition coefficient (Wildman–Crippen LogP) is 1.35. The first kappa shape index (κ1) is 14.0. The van der Waals surface area contributed by atoms with Gasteiger partial charge in [0.2, 0.25) is 0 Å². The summed E-state index contributed by atoms with van der Waals surface area (Å²) in [4.78, 5) is 0.672. The summed E-state index contributed by atoms with van der Waals surface area (Å²) in [5, 5.41) is 0. The Hall–Kier alpha value is -0.0300. The van der Waals surface area contributed by atoms with Gasteiger partial charge >= 0.3 is 29.6 Å². The summed E-state index contributed by atoms with van der Waals surface area (Å²) in [6.45, 7) is 0. The zero-order chi connectivity index (χ0) is 9.84. The van der Waals surface area contributed by atoms with Crippen molar-refractivity contribution in [3.8, 4) is 17.2 Å². The number of methoxy groups -OCH3 is 3. The van der Waals surface area contributed by atoms with Gasteiger partial charge in [-0.2, -0.15) is 0 Å². The van der Waals surface area contributed by atoms with Gasteiger partial charge < -0.3 is 14.2 Å². The number of thiol groups is 1. The molecule has 74 valence electrons. The van der Waals surface area contributed by atoms with Crippen molar-refractivity contribution >= 4 is 42.2 Å². The molecule has 0 spiro atoms. The normalized spacial score (nSPS) is 8.86. The van der Waals surface area contributed by atoms with E-state index in [0.29, 0.717) is 22.1 Å². The van der Waals surface area contributed by atoms with Crippen LogP contribution in [0.5, 0.6) is 17.2 Å². The molecule has 5 heteroatoms. The molecule has 0 N–H and O–H groups in total. The van der Waals surface area contributed by atoms with Gasteiger partial charge in [0, 0.05) is 12.1 Å². The van der Waals surface area contributed by atoms with E-state index in [-0.39, 0.29) is 29.6 Å². The van der Waals surface area contributed by atoms with Gasteiger partial charge in [0.15, 0.2) is 0 Å². The fourth-order valence-corrected chi connectivity index (χ4v) is 1.30. The van der Waals surface area contributed by atoms with Crippen LogP contribution < -0.4 is 14.2 Å². The molecule has 0 saturated heterocycles. The van der Waals surface area contributed by atoms with Crippen molar-refractivity contribution < 1.29 is 14.2 Å². The maximum atomic E-state index is 5.09. The second-order valence-electron chi connectivity index (χ2n) is 2.38. The number of hydrogen-bond donors (Lipinski definition) is 1. The van der Waals surface area contributed by atoms with Crippen LogP contribution in [0.3, 0.4) is 0 Å². The molecule has 0 heterocycles. The third kappa shape index (κ3) is 2.98. The topological polar surface area (TPSA) is 27.7 Å². The molecule has 0 amide bonds. The SMILES string of the molecule is COc1cc(OC)c(S)c(OC)c1.[NaH]. The van der Waals surface area contributed by atoms with E-state index in [9.17, 15) is 0 Å². The fraction of sp³-hybridized carbons (Fsp3) is 0.333. The molecule has 1 rings (SSSR count). The van der Waals surface area contributed by atoms with E-state index in [4.69, 9.17) is 14.2 Å². The number of hydrogen-bond acceptors (Lipinski definition) is 4. The van der Waals surface area contributed by atoms with Gasteiger partial charge in [-0.05, 0) is 0 Å². The van der Waals surface area contributed by atoms with Gasteiger partial charge in [0.25, 0.3) is 0 Å². The van der Waals surface area contributed by atoms with Crippen molar-refractivity contribution in [1.29, 1.82) is 0 Å². The third-order valence-electron chi connectivity index (χ3n) is 1.69. The molecule has 1 aromatic carbocycles. The quantitative estimate of drug-likeness (QED) is 0.620. The van der Waals surface area contributed by atoms with Crippen LogP contribution in [0, 0.1) is 0 Å². The Morgan fingerprint density at radius 3 is 1.64 bits per heavy atom. The first-order chi connectivity index (χ1) is 6.22. The van der Waals surface area contributed by atoms with E-state index in [0.717, 1.165) is 0 Å². The number of benzene rings is 1. The molecule has 0 atom stereocenters. The van der Waals surface area contributed by atoms with Crippen LogP contribution in [0.4, 0.5) is 0 Å². The summed E-state index contributed by atoms with van der Waals surface area (Å²) in [6.07, 6.45) is 0. The zero-order valence-electron chi connectivity index (χ0n) is 7.83. The van der Waals surface area contributed by atoms with E-state index in [1.807, 2.05) is 0 Å². The van der Waals surface area contributed by atoms with Crippen LogP contribution in [-0.4, -0.2) is 50.9 Å². The first-order valence-corrected chi connectivity index (χ1v) is 4.16. The van der Waals surface area contributed by atoms with E-state index in [2.05, 4.69) is 12.6 Å². The van der Waals surface area contributed by atoms with Crippen LogP contribution in [0.25, 0.3) is 0 Å².